The number of rotatable bonds is 7. The Morgan fingerprint density at radius 1 is 0.472 bits per heavy atom. The van der Waals surface area contributed by atoms with Gasteiger partial charge >= 0.3 is 0 Å². The van der Waals surface area contributed by atoms with E-state index >= 15 is 0 Å². The summed E-state index contributed by atoms with van der Waals surface area (Å²) in [5.74, 6) is 0. The van der Waals surface area contributed by atoms with Crippen molar-refractivity contribution in [1.29, 1.82) is 0 Å². The minimum atomic E-state index is 1.00. The van der Waals surface area contributed by atoms with Gasteiger partial charge in [-0.05, 0) is 115 Å². The monoisotopic (exact) mass is 716 g/mol. The average molecular weight is 717 g/mol. The molecule has 0 spiro atoms. The van der Waals surface area contributed by atoms with E-state index in [1.54, 1.807) is 0 Å². The first-order valence-electron chi connectivity index (χ1n) is 18.2. The molecule has 0 saturated heterocycles. The minimum Gasteiger partial charge on any atom is -0.313 e. The largest absolute Gasteiger partial charge is 0.313 e. The molecule has 0 saturated carbocycles. The molecule has 7 aromatic carbocycles. The van der Waals surface area contributed by atoms with E-state index in [9.17, 15) is 0 Å². The zero-order chi connectivity index (χ0) is 35.3. The third kappa shape index (κ3) is 5.63. The van der Waals surface area contributed by atoms with E-state index in [0.29, 0.717) is 0 Å². The second-order valence-corrected chi connectivity index (χ2v) is 15.9. The van der Waals surface area contributed by atoms with Gasteiger partial charge in [-0.1, -0.05) is 97.1 Å². The molecule has 2 nitrogen and oxygen atoms in total. The van der Waals surface area contributed by atoms with Crippen LogP contribution in [0.3, 0.4) is 0 Å². The van der Waals surface area contributed by atoms with Crippen molar-refractivity contribution in [3.05, 3.63) is 187 Å². The van der Waals surface area contributed by atoms with Crippen LogP contribution in [0.1, 0.15) is 18.4 Å². The smallest absolute Gasteiger partial charge is 0.0580 e. The third-order valence-electron chi connectivity index (χ3n) is 10.4. The van der Waals surface area contributed by atoms with Gasteiger partial charge in [-0.3, -0.25) is 0 Å². The van der Waals surface area contributed by atoms with Gasteiger partial charge in [0.25, 0.3) is 0 Å². The lowest BCUT2D eigenvalue weighted by atomic mass is 10.0. The van der Waals surface area contributed by atoms with E-state index in [-0.39, 0.29) is 0 Å². The van der Waals surface area contributed by atoms with Crippen molar-refractivity contribution in [2.24, 2.45) is 0 Å². The van der Waals surface area contributed by atoms with Gasteiger partial charge in [0.2, 0.25) is 0 Å². The zero-order valence-corrected chi connectivity index (χ0v) is 31.0. The number of fused-ring (bicyclic) bond motifs is 6. The number of aryl methyl sites for hydroxylation is 1. The SMILES string of the molecule is Cc1ccc2sc3ccc(N(c4ccc(-c5ccccc5)cc4)c4ccc5sc6ccccc6c5c4)cc3c2c1N(C1=CC=CCC1)c1ccccc1. The Hall–Kier alpha value is -5.94. The van der Waals surface area contributed by atoms with Crippen molar-refractivity contribution in [2.75, 3.05) is 9.80 Å². The summed E-state index contributed by atoms with van der Waals surface area (Å²) in [6.45, 7) is 2.26. The maximum Gasteiger partial charge on any atom is 0.0580 e. The number of allylic oxidation sites excluding steroid dienone is 4. The predicted molar refractivity (Wildman–Crippen MR) is 232 cm³/mol. The van der Waals surface area contributed by atoms with Gasteiger partial charge in [-0.25, -0.2) is 0 Å². The molecule has 254 valence electrons. The molecule has 9 aromatic rings. The lowest BCUT2D eigenvalue weighted by molar-refractivity contribution is 0.917. The van der Waals surface area contributed by atoms with Crippen LogP contribution < -0.4 is 9.80 Å². The van der Waals surface area contributed by atoms with Crippen LogP contribution >= 0.6 is 22.7 Å². The topological polar surface area (TPSA) is 6.48 Å². The van der Waals surface area contributed by atoms with Gasteiger partial charge in [-0.15, -0.1) is 22.7 Å². The fourth-order valence-electron chi connectivity index (χ4n) is 7.90. The van der Waals surface area contributed by atoms with Crippen molar-refractivity contribution in [1.82, 2.24) is 0 Å². The highest BCUT2D eigenvalue weighted by molar-refractivity contribution is 7.26. The highest BCUT2D eigenvalue weighted by Gasteiger charge is 2.23. The molecule has 0 fully saturated rings. The molecular weight excluding hydrogens is 681 g/mol. The Morgan fingerprint density at radius 2 is 1.06 bits per heavy atom. The molecule has 10 rings (SSSR count). The van der Waals surface area contributed by atoms with Crippen molar-refractivity contribution in [3.8, 4) is 11.1 Å². The first-order chi connectivity index (χ1) is 26.2. The Labute approximate surface area is 317 Å². The Balaban J connectivity index is 1.19. The second-order valence-electron chi connectivity index (χ2n) is 13.7. The Morgan fingerprint density at radius 3 is 1.81 bits per heavy atom. The summed E-state index contributed by atoms with van der Waals surface area (Å²) < 4.78 is 5.22. The van der Waals surface area contributed by atoms with Gasteiger partial charge in [0.05, 0.1) is 5.69 Å². The fraction of sp³-hybridized carbons (Fsp3) is 0.0612. The van der Waals surface area contributed by atoms with E-state index in [2.05, 4.69) is 193 Å². The molecule has 0 radical (unpaired) electrons. The fourth-order valence-corrected chi connectivity index (χ4v) is 10.1. The molecule has 0 unspecified atom stereocenters. The van der Waals surface area contributed by atoms with Crippen LogP contribution in [0, 0.1) is 6.92 Å². The number of nitrogens with zero attached hydrogens (tertiary/aromatic N) is 2. The van der Waals surface area contributed by atoms with Gasteiger partial charge < -0.3 is 9.80 Å². The van der Waals surface area contributed by atoms with Crippen LogP contribution in [0.2, 0.25) is 0 Å². The van der Waals surface area contributed by atoms with Crippen molar-refractivity contribution in [3.63, 3.8) is 0 Å². The van der Waals surface area contributed by atoms with Gasteiger partial charge in [-0.2, -0.15) is 0 Å². The summed E-state index contributed by atoms with van der Waals surface area (Å²) in [5, 5.41) is 5.19. The number of hydrogen-bond donors (Lipinski definition) is 0. The van der Waals surface area contributed by atoms with Crippen LogP contribution in [0.4, 0.5) is 28.4 Å². The first kappa shape index (κ1) is 31.8. The molecule has 2 heterocycles. The third-order valence-corrected chi connectivity index (χ3v) is 12.7. The molecule has 0 atom stereocenters. The van der Waals surface area contributed by atoms with Crippen LogP contribution in [0.25, 0.3) is 51.5 Å². The van der Waals surface area contributed by atoms with Crippen LogP contribution in [0.5, 0.6) is 0 Å². The molecule has 1 aliphatic rings. The lowest BCUT2D eigenvalue weighted by Gasteiger charge is -2.31. The van der Waals surface area contributed by atoms with E-state index in [4.69, 9.17) is 0 Å². The minimum absolute atomic E-state index is 1.00. The maximum atomic E-state index is 2.51. The van der Waals surface area contributed by atoms with Gasteiger partial charge in [0, 0.05) is 68.8 Å². The summed E-state index contributed by atoms with van der Waals surface area (Å²) in [7, 11) is 0. The molecule has 53 heavy (non-hydrogen) atoms. The Bertz CT molecular complexity index is 2840. The van der Waals surface area contributed by atoms with E-state index in [1.807, 2.05) is 22.7 Å². The number of anilines is 5. The van der Waals surface area contributed by atoms with Crippen molar-refractivity contribution in [2.45, 2.75) is 19.8 Å². The number of hydrogen-bond acceptors (Lipinski definition) is 4. The summed E-state index contributed by atoms with van der Waals surface area (Å²) in [6.07, 6.45) is 8.81. The predicted octanol–water partition coefficient (Wildman–Crippen LogP) is 15.2. The number of benzene rings is 7. The maximum absolute atomic E-state index is 2.51. The number of thiophene rings is 2. The highest BCUT2D eigenvalue weighted by atomic mass is 32.1. The Kier molecular flexibility index (Phi) is 7.93. The molecule has 4 heteroatoms. The summed E-state index contributed by atoms with van der Waals surface area (Å²) in [5.41, 5.74) is 10.9. The van der Waals surface area contributed by atoms with Crippen LogP contribution in [-0.2, 0) is 0 Å². The normalized spacial score (nSPS) is 12.9. The van der Waals surface area contributed by atoms with Crippen LogP contribution in [-0.4, -0.2) is 0 Å². The molecule has 0 N–H and O–H groups in total. The standard InChI is InChI=1S/C49H36N2S2/c1-33-21-28-47-48(49(33)51(36-15-7-3-8-16-36)37-17-9-4-10-18-37)43-32-40(27-30-46(43)53-47)50(38-24-22-35(23-25-38)34-13-5-2-6-14-34)39-26-29-45-42(31-39)41-19-11-12-20-44(41)52-45/h2-9,11-17,19-32H,10,18H2,1H3. The van der Waals surface area contributed by atoms with E-state index < -0.39 is 0 Å². The van der Waals surface area contributed by atoms with E-state index in [1.165, 1.54) is 74.1 Å². The van der Waals surface area contributed by atoms with Crippen molar-refractivity contribution < 1.29 is 0 Å². The molecule has 0 amide bonds. The quantitative estimate of drug-likeness (QED) is 0.162. The molecule has 0 bridgehead atoms. The average Bonchev–Trinajstić information content (AvgIpc) is 3.78. The van der Waals surface area contributed by atoms with E-state index in [0.717, 1.165) is 29.9 Å². The molecular formula is C49H36N2S2. The molecule has 0 aliphatic heterocycles. The second kappa shape index (κ2) is 13.2. The summed E-state index contributed by atoms with van der Waals surface area (Å²) in [6, 6.07) is 57.9. The summed E-state index contributed by atoms with van der Waals surface area (Å²) >= 11 is 3.75. The zero-order valence-electron chi connectivity index (χ0n) is 29.4. The van der Waals surface area contributed by atoms with Crippen LogP contribution in [0.15, 0.2) is 182 Å². The number of para-hydroxylation sites is 1. The van der Waals surface area contributed by atoms with Gasteiger partial charge in [0.15, 0.2) is 0 Å². The molecule has 2 aromatic heterocycles. The molecule has 1 aliphatic carbocycles. The summed E-state index contributed by atoms with van der Waals surface area (Å²) in [4.78, 5) is 4.94. The lowest BCUT2D eigenvalue weighted by Crippen LogP contribution is -2.18. The highest BCUT2D eigenvalue weighted by Crippen LogP contribution is 2.48. The van der Waals surface area contributed by atoms with Gasteiger partial charge in [0.1, 0.15) is 0 Å². The first-order valence-corrected chi connectivity index (χ1v) is 19.9. The van der Waals surface area contributed by atoms with Crippen molar-refractivity contribution >= 4 is 91.5 Å².